The Hall–Kier alpha value is -2.67. The van der Waals surface area contributed by atoms with E-state index in [1.54, 1.807) is 24.3 Å². The second-order valence-corrected chi connectivity index (χ2v) is 7.02. The molecule has 2 aromatic carbocycles. The van der Waals surface area contributed by atoms with Crippen LogP contribution in [-0.2, 0) is 21.2 Å². The van der Waals surface area contributed by atoms with E-state index in [1.165, 1.54) is 6.07 Å². The van der Waals surface area contributed by atoms with Crippen molar-refractivity contribution in [2.75, 3.05) is 11.9 Å². The number of nitrogens with one attached hydrogen (secondary N) is 2. The predicted molar refractivity (Wildman–Crippen MR) is 92.6 cm³/mol. The van der Waals surface area contributed by atoms with Gasteiger partial charge in [0.05, 0.1) is 4.90 Å². The van der Waals surface area contributed by atoms with Crippen molar-refractivity contribution in [2.24, 2.45) is 4.99 Å². The maximum absolute atomic E-state index is 12.0. The third-order valence-corrected chi connectivity index (χ3v) is 5.06. The number of sulfonamides is 1. The van der Waals surface area contributed by atoms with Gasteiger partial charge in [-0.2, -0.15) is 0 Å². The maximum atomic E-state index is 12.0. The van der Waals surface area contributed by atoms with Crippen LogP contribution < -0.4 is 10.0 Å². The molecule has 7 heteroatoms. The van der Waals surface area contributed by atoms with Gasteiger partial charge in [-0.3, -0.25) is 14.5 Å². The van der Waals surface area contributed by atoms with E-state index in [9.17, 15) is 13.2 Å². The Balaban J connectivity index is 1.73. The summed E-state index contributed by atoms with van der Waals surface area (Å²) in [4.78, 5) is 16.3. The van der Waals surface area contributed by atoms with Crippen molar-refractivity contribution < 1.29 is 13.2 Å². The molecular weight excluding hydrogens is 326 g/mol. The number of rotatable bonds is 4. The Morgan fingerprint density at radius 1 is 1.17 bits per heavy atom. The molecule has 1 amide bonds. The average molecular weight is 343 g/mol. The van der Waals surface area contributed by atoms with Crippen molar-refractivity contribution in [3.05, 3.63) is 59.7 Å². The third kappa shape index (κ3) is 3.30. The fourth-order valence-electron chi connectivity index (χ4n) is 2.47. The third-order valence-electron chi connectivity index (χ3n) is 3.66. The van der Waals surface area contributed by atoms with E-state index in [4.69, 9.17) is 0 Å². The molecule has 0 atom stereocenters. The number of aliphatic imine (C=N–C) groups is 1. The molecule has 0 bridgehead atoms. The summed E-state index contributed by atoms with van der Waals surface area (Å²) in [6, 6.07) is 14.1. The van der Waals surface area contributed by atoms with Crippen molar-refractivity contribution in [1.29, 1.82) is 0 Å². The second kappa shape index (κ2) is 6.45. The lowest BCUT2D eigenvalue weighted by molar-refractivity contribution is -0.114. The van der Waals surface area contributed by atoms with Gasteiger partial charge in [0.15, 0.2) is 0 Å². The molecule has 0 spiro atoms. The molecule has 0 aromatic heterocycles. The van der Waals surface area contributed by atoms with Gasteiger partial charge in [-0.15, -0.1) is 0 Å². The molecule has 2 N–H and O–H groups in total. The molecule has 0 aliphatic carbocycles. The van der Waals surface area contributed by atoms with Gasteiger partial charge in [-0.1, -0.05) is 31.2 Å². The first-order valence-electron chi connectivity index (χ1n) is 7.55. The number of hydrogen-bond donors (Lipinski definition) is 2. The van der Waals surface area contributed by atoms with Gasteiger partial charge in [-0.05, 0) is 36.2 Å². The molecule has 1 aliphatic rings. The smallest absolute Gasteiger partial charge is 0.263 e. The van der Waals surface area contributed by atoms with Crippen molar-refractivity contribution >= 4 is 27.5 Å². The SMILES string of the molecule is CCc1cccc(NC(=O)CN=C2NS(=O)(=O)c3ccccc32)c1. The van der Waals surface area contributed by atoms with E-state index in [0.29, 0.717) is 11.3 Å². The molecule has 0 saturated heterocycles. The first-order valence-corrected chi connectivity index (χ1v) is 9.03. The number of hydrogen-bond acceptors (Lipinski definition) is 4. The van der Waals surface area contributed by atoms with Gasteiger partial charge in [0, 0.05) is 11.3 Å². The lowest BCUT2D eigenvalue weighted by atomic mass is 10.1. The summed E-state index contributed by atoms with van der Waals surface area (Å²) in [6.45, 7) is 1.87. The Morgan fingerprint density at radius 3 is 2.75 bits per heavy atom. The topological polar surface area (TPSA) is 87.6 Å². The molecule has 0 fully saturated rings. The molecule has 0 saturated carbocycles. The fraction of sp³-hybridized carbons (Fsp3) is 0.176. The van der Waals surface area contributed by atoms with Crippen molar-refractivity contribution in [1.82, 2.24) is 4.72 Å². The van der Waals surface area contributed by atoms with Gasteiger partial charge in [0.2, 0.25) is 5.91 Å². The van der Waals surface area contributed by atoms with Gasteiger partial charge in [0.1, 0.15) is 12.4 Å². The van der Waals surface area contributed by atoms with Gasteiger partial charge >= 0.3 is 0 Å². The summed E-state index contributed by atoms with van der Waals surface area (Å²) < 4.78 is 26.3. The second-order valence-electron chi connectivity index (χ2n) is 5.37. The number of anilines is 1. The normalized spacial score (nSPS) is 16.5. The molecule has 1 aliphatic heterocycles. The quantitative estimate of drug-likeness (QED) is 0.889. The Morgan fingerprint density at radius 2 is 1.96 bits per heavy atom. The first kappa shape index (κ1) is 16.2. The van der Waals surface area contributed by atoms with E-state index in [1.807, 2.05) is 25.1 Å². The molecule has 2 aromatic rings. The summed E-state index contributed by atoms with van der Waals surface area (Å²) >= 11 is 0. The van der Waals surface area contributed by atoms with Crippen LogP contribution in [0.4, 0.5) is 5.69 Å². The summed E-state index contributed by atoms with van der Waals surface area (Å²) in [6.07, 6.45) is 0.880. The van der Waals surface area contributed by atoms with Crippen molar-refractivity contribution in [3.63, 3.8) is 0 Å². The standard InChI is InChI=1S/C17H17N3O3S/c1-2-12-6-5-7-13(10-12)19-16(21)11-18-17-14-8-3-4-9-15(14)24(22,23)20-17/h3-10H,2,11H2,1H3,(H,18,20)(H,19,21). The summed E-state index contributed by atoms with van der Waals surface area (Å²) in [5, 5.41) is 2.76. The predicted octanol–water partition coefficient (Wildman–Crippen LogP) is 1.93. The number of carbonyl (C=O) groups excluding carboxylic acids is 1. The van der Waals surface area contributed by atoms with Crippen LogP contribution in [0.3, 0.4) is 0 Å². The molecule has 1 heterocycles. The summed E-state index contributed by atoms with van der Waals surface area (Å²) in [5.74, 6) is -0.109. The van der Waals surface area contributed by atoms with Crippen LogP contribution in [0.2, 0.25) is 0 Å². The van der Waals surface area contributed by atoms with Crippen LogP contribution in [0.5, 0.6) is 0 Å². The summed E-state index contributed by atoms with van der Waals surface area (Å²) in [7, 11) is -3.58. The molecule has 0 radical (unpaired) electrons. The lowest BCUT2D eigenvalue weighted by Crippen LogP contribution is -2.24. The number of nitrogens with zero attached hydrogens (tertiary/aromatic N) is 1. The number of carbonyl (C=O) groups is 1. The number of fused-ring (bicyclic) bond motifs is 1. The maximum Gasteiger partial charge on any atom is 0.263 e. The van der Waals surface area contributed by atoms with Crippen LogP contribution in [0.1, 0.15) is 18.1 Å². The number of amides is 1. The summed E-state index contributed by atoms with van der Waals surface area (Å²) in [5.41, 5.74) is 2.31. The lowest BCUT2D eigenvalue weighted by Gasteiger charge is -2.05. The van der Waals surface area contributed by atoms with Crippen LogP contribution in [-0.4, -0.2) is 26.7 Å². The van der Waals surface area contributed by atoms with E-state index < -0.39 is 10.0 Å². The van der Waals surface area contributed by atoms with Crippen LogP contribution in [0.15, 0.2) is 58.4 Å². The van der Waals surface area contributed by atoms with Crippen LogP contribution in [0, 0.1) is 0 Å². The van der Waals surface area contributed by atoms with E-state index in [0.717, 1.165) is 12.0 Å². The Bertz CT molecular complexity index is 920. The van der Waals surface area contributed by atoms with E-state index in [2.05, 4.69) is 15.0 Å². The monoisotopic (exact) mass is 343 g/mol. The zero-order valence-electron chi connectivity index (χ0n) is 13.1. The van der Waals surface area contributed by atoms with Gasteiger partial charge < -0.3 is 5.32 Å². The molecule has 124 valence electrons. The fourth-order valence-corrected chi connectivity index (χ4v) is 3.72. The number of aryl methyl sites for hydroxylation is 1. The van der Waals surface area contributed by atoms with Crippen LogP contribution >= 0.6 is 0 Å². The molecule has 6 nitrogen and oxygen atoms in total. The zero-order chi connectivity index (χ0) is 17.2. The van der Waals surface area contributed by atoms with Crippen LogP contribution in [0.25, 0.3) is 0 Å². The Kier molecular flexibility index (Phi) is 4.35. The molecular formula is C17H17N3O3S. The van der Waals surface area contributed by atoms with Gasteiger partial charge in [0.25, 0.3) is 10.0 Å². The number of amidine groups is 1. The molecule has 0 unspecified atom stereocenters. The highest BCUT2D eigenvalue weighted by molar-refractivity contribution is 7.90. The minimum absolute atomic E-state index is 0.164. The minimum Gasteiger partial charge on any atom is -0.324 e. The highest BCUT2D eigenvalue weighted by Gasteiger charge is 2.30. The molecule has 3 rings (SSSR count). The zero-order valence-corrected chi connectivity index (χ0v) is 13.9. The number of benzene rings is 2. The molecule has 24 heavy (non-hydrogen) atoms. The van der Waals surface area contributed by atoms with E-state index >= 15 is 0 Å². The van der Waals surface area contributed by atoms with Gasteiger partial charge in [-0.25, -0.2) is 8.42 Å². The largest absolute Gasteiger partial charge is 0.324 e. The van der Waals surface area contributed by atoms with E-state index in [-0.39, 0.29) is 23.2 Å². The highest BCUT2D eigenvalue weighted by Crippen LogP contribution is 2.22. The first-order chi connectivity index (χ1) is 11.5. The average Bonchev–Trinajstić information content (AvgIpc) is 2.84. The highest BCUT2D eigenvalue weighted by atomic mass is 32.2. The van der Waals surface area contributed by atoms with Crippen molar-refractivity contribution in [2.45, 2.75) is 18.2 Å². The minimum atomic E-state index is -3.58. The van der Waals surface area contributed by atoms with Crippen molar-refractivity contribution in [3.8, 4) is 0 Å². The Labute approximate surface area is 140 Å².